The van der Waals surface area contributed by atoms with Crippen molar-refractivity contribution in [3.63, 3.8) is 0 Å². The molecule has 6 heteroatoms. The van der Waals surface area contributed by atoms with Crippen LogP contribution in [0, 0.1) is 11.8 Å². The Morgan fingerprint density at radius 2 is 2.00 bits per heavy atom. The number of aliphatic carboxylic acids is 1. The third-order valence-electron chi connectivity index (χ3n) is 3.26. The number of hydrogen-bond acceptors (Lipinski definition) is 3. The Kier molecular flexibility index (Phi) is 5.39. The maximum Gasteiger partial charge on any atom is 0.306 e. The summed E-state index contributed by atoms with van der Waals surface area (Å²) in [5.74, 6) is -1.15. The molecule has 0 aromatic rings. The molecule has 0 heterocycles. The molecule has 0 aromatic heterocycles. The van der Waals surface area contributed by atoms with Crippen LogP contribution in [0.25, 0.3) is 0 Å². The van der Waals surface area contributed by atoms with E-state index in [1.54, 1.807) is 6.92 Å². The molecule has 1 rings (SSSR count). The summed E-state index contributed by atoms with van der Waals surface area (Å²) in [5.41, 5.74) is 0. The molecule has 2 N–H and O–H groups in total. The smallest absolute Gasteiger partial charge is 0.306 e. The monoisotopic (exact) mass is 263 g/mol. The van der Waals surface area contributed by atoms with E-state index < -0.39 is 21.9 Å². The summed E-state index contributed by atoms with van der Waals surface area (Å²) in [4.78, 5) is 11.0. The van der Waals surface area contributed by atoms with Crippen molar-refractivity contribution in [3.8, 4) is 0 Å². The Bertz CT molecular complexity index is 352. The molecule has 0 radical (unpaired) electrons. The van der Waals surface area contributed by atoms with Crippen molar-refractivity contribution >= 4 is 16.0 Å². The van der Waals surface area contributed by atoms with Gasteiger partial charge in [-0.15, -0.1) is 0 Å². The predicted octanol–water partition coefficient (Wildman–Crippen LogP) is 1.21. The Labute approximate surface area is 103 Å². The molecular formula is C11H21NO4S. The molecule has 1 aliphatic rings. The molecule has 0 bridgehead atoms. The average Bonchev–Trinajstić information content (AvgIpc) is 2.27. The van der Waals surface area contributed by atoms with Crippen LogP contribution >= 0.6 is 0 Å². The van der Waals surface area contributed by atoms with E-state index >= 15 is 0 Å². The zero-order chi connectivity index (χ0) is 12.9. The second kappa shape index (κ2) is 6.35. The molecule has 0 aliphatic heterocycles. The van der Waals surface area contributed by atoms with Crippen molar-refractivity contribution in [1.29, 1.82) is 0 Å². The maximum atomic E-state index is 11.5. The van der Waals surface area contributed by atoms with E-state index in [0.717, 1.165) is 19.3 Å². The highest BCUT2D eigenvalue weighted by molar-refractivity contribution is 7.89. The third kappa shape index (κ3) is 4.63. The van der Waals surface area contributed by atoms with E-state index in [2.05, 4.69) is 4.72 Å². The number of carboxylic acids is 1. The zero-order valence-electron chi connectivity index (χ0n) is 10.2. The summed E-state index contributed by atoms with van der Waals surface area (Å²) in [6.45, 7) is 2.07. The summed E-state index contributed by atoms with van der Waals surface area (Å²) in [5, 5.41) is 9.06. The largest absolute Gasteiger partial charge is 0.481 e. The first kappa shape index (κ1) is 14.4. The summed E-state index contributed by atoms with van der Waals surface area (Å²) in [7, 11) is -3.22. The van der Waals surface area contributed by atoms with Crippen LogP contribution in [-0.4, -0.2) is 31.8 Å². The summed E-state index contributed by atoms with van der Waals surface area (Å²) < 4.78 is 25.5. The van der Waals surface area contributed by atoms with Crippen LogP contribution in [0.15, 0.2) is 0 Å². The standard InChI is InChI=1S/C11H21NO4S/c1-2-7-17(15,16)12-8-9-5-3-4-6-10(9)11(13)14/h9-10,12H,2-8H2,1H3,(H,13,14). The molecule has 5 nitrogen and oxygen atoms in total. The van der Waals surface area contributed by atoms with Gasteiger partial charge in [0.05, 0.1) is 11.7 Å². The van der Waals surface area contributed by atoms with Crippen LogP contribution < -0.4 is 4.72 Å². The van der Waals surface area contributed by atoms with E-state index in [9.17, 15) is 13.2 Å². The predicted molar refractivity (Wildman–Crippen MR) is 65.2 cm³/mol. The van der Waals surface area contributed by atoms with Gasteiger partial charge in [-0.1, -0.05) is 19.8 Å². The van der Waals surface area contributed by atoms with Crippen molar-refractivity contribution in [1.82, 2.24) is 4.72 Å². The van der Waals surface area contributed by atoms with Gasteiger partial charge in [0.25, 0.3) is 0 Å². The lowest BCUT2D eigenvalue weighted by molar-refractivity contribution is -0.144. The minimum atomic E-state index is -3.22. The van der Waals surface area contributed by atoms with Crippen molar-refractivity contribution in [2.24, 2.45) is 11.8 Å². The highest BCUT2D eigenvalue weighted by atomic mass is 32.2. The molecular weight excluding hydrogens is 242 g/mol. The molecule has 2 atom stereocenters. The van der Waals surface area contributed by atoms with Gasteiger partial charge in [0.1, 0.15) is 0 Å². The van der Waals surface area contributed by atoms with Gasteiger partial charge in [0.2, 0.25) is 10.0 Å². The molecule has 17 heavy (non-hydrogen) atoms. The van der Waals surface area contributed by atoms with Crippen molar-refractivity contribution in [2.75, 3.05) is 12.3 Å². The second-order valence-corrected chi connectivity index (χ2v) is 6.58. The molecule has 1 fully saturated rings. The fourth-order valence-electron chi connectivity index (χ4n) is 2.35. The van der Waals surface area contributed by atoms with E-state index in [1.165, 1.54) is 0 Å². The maximum absolute atomic E-state index is 11.5. The number of carboxylic acid groups (broad SMARTS) is 1. The number of rotatable bonds is 6. The zero-order valence-corrected chi connectivity index (χ0v) is 11.0. The lowest BCUT2D eigenvalue weighted by Gasteiger charge is -2.28. The van der Waals surface area contributed by atoms with E-state index in [-0.39, 0.29) is 18.2 Å². The van der Waals surface area contributed by atoms with E-state index in [0.29, 0.717) is 12.8 Å². The highest BCUT2D eigenvalue weighted by Gasteiger charge is 2.31. The van der Waals surface area contributed by atoms with Crippen molar-refractivity contribution in [3.05, 3.63) is 0 Å². The van der Waals surface area contributed by atoms with Crippen LogP contribution in [-0.2, 0) is 14.8 Å². The highest BCUT2D eigenvalue weighted by Crippen LogP contribution is 2.29. The van der Waals surface area contributed by atoms with Gasteiger partial charge in [-0.2, -0.15) is 0 Å². The second-order valence-electron chi connectivity index (χ2n) is 4.66. The van der Waals surface area contributed by atoms with Crippen LogP contribution in [0.4, 0.5) is 0 Å². The normalized spacial score (nSPS) is 25.7. The molecule has 100 valence electrons. The minimum absolute atomic E-state index is 0.0621. The van der Waals surface area contributed by atoms with E-state index in [4.69, 9.17) is 5.11 Å². The average molecular weight is 263 g/mol. The Morgan fingerprint density at radius 3 is 2.59 bits per heavy atom. The molecule has 1 aliphatic carbocycles. The first-order valence-electron chi connectivity index (χ1n) is 6.16. The number of carbonyl (C=O) groups is 1. The number of nitrogens with one attached hydrogen (secondary N) is 1. The number of sulfonamides is 1. The summed E-state index contributed by atoms with van der Waals surface area (Å²) >= 11 is 0. The van der Waals surface area contributed by atoms with Gasteiger partial charge < -0.3 is 5.11 Å². The lowest BCUT2D eigenvalue weighted by atomic mass is 9.79. The lowest BCUT2D eigenvalue weighted by Crippen LogP contribution is -2.37. The molecule has 2 unspecified atom stereocenters. The molecule has 0 saturated heterocycles. The first-order valence-corrected chi connectivity index (χ1v) is 7.81. The Morgan fingerprint density at radius 1 is 1.35 bits per heavy atom. The van der Waals surface area contributed by atoms with Gasteiger partial charge in [0.15, 0.2) is 0 Å². The molecule has 0 spiro atoms. The van der Waals surface area contributed by atoms with Crippen LogP contribution in [0.2, 0.25) is 0 Å². The van der Waals surface area contributed by atoms with Crippen LogP contribution in [0.1, 0.15) is 39.0 Å². The van der Waals surface area contributed by atoms with Gasteiger partial charge in [0, 0.05) is 6.54 Å². The Hall–Kier alpha value is -0.620. The summed E-state index contributed by atoms with van der Waals surface area (Å²) in [6.07, 6.45) is 3.95. The number of hydrogen-bond donors (Lipinski definition) is 2. The SMILES string of the molecule is CCCS(=O)(=O)NCC1CCCCC1C(=O)O. The minimum Gasteiger partial charge on any atom is -0.481 e. The first-order chi connectivity index (χ1) is 7.96. The topological polar surface area (TPSA) is 83.5 Å². The van der Waals surface area contributed by atoms with Gasteiger partial charge in [-0.05, 0) is 25.2 Å². The molecule has 1 saturated carbocycles. The quantitative estimate of drug-likeness (QED) is 0.754. The van der Waals surface area contributed by atoms with Gasteiger partial charge >= 0.3 is 5.97 Å². The van der Waals surface area contributed by atoms with Gasteiger partial charge in [-0.3, -0.25) is 4.79 Å². The van der Waals surface area contributed by atoms with Crippen LogP contribution in [0.3, 0.4) is 0 Å². The van der Waals surface area contributed by atoms with Crippen molar-refractivity contribution in [2.45, 2.75) is 39.0 Å². The van der Waals surface area contributed by atoms with E-state index in [1.807, 2.05) is 0 Å². The third-order valence-corrected chi connectivity index (χ3v) is 4.82. The van der Waals surface area contributed by atoms with Crippen LogP contribution in [0.5, 0.6) is 0 Å². The summed E-state index contributed by atoms with van der Waals surface area (Å²) in [6, 6.07) is 0. The molecule has 0 aromatic carbocycles. The van der Waals surface area contributed by atoms with Gasteiger partial charge in [-0.25, -0.2) is 13.1 Å². The van der Waals surface area contributed by atoms with Crippen molar-refractivity contribution < 1.29 is 18.3 Å². The molecule has 0 amide bonds. The fraction of sp³-hybridized carbons (Fsp3) is 0.909. The fourth-order valence-corrected chi connectivity index (χ4v) is 3.50. The Balaban J connectivity index is 2.51.